The second-order valence-corrected chi connectivity index (χ2v) is 7.11. The SMILES string of the molecule is C=C(C)C(=O)OC1CC2CC1C1C3CCC(C3)C21. The molecule has 0 spiro atoms. The van der Waals surface area contributed by atoms with E-state index in [9.17, 15) is 4.79 Å². The van der Waals surface area contributed by atoms with Crippen LogP contribution in [-0.4, -0.2) is 12.1 Å². The molecule has 7 atom stereocenters. The summed E-state index contributed by atoms with van der Waals surface area (Å²) in [4.78, 5) is 11.7. The third kappa shape index (κ3) is 1.32. The highest BCUT2D eigenvalue weighted by atomic mass is 16.5. The number of rotatable bonds is 2. The Labute approximate surface area is 109 Å². The van der Waals surface area contributed by atoms with Gasteiger partial charge in [-0.25, -0.2) is 4.79 Å². The molecular formula is C16H22O2. The van der Waals surface area contributed by atoms with Gasteiger partial charge in [0, 0.05) is 5.57 Å². The van der Waals surface area contributed by atoms with Crippen molar-refractivity contribution in [1.29, 1.82) is 0 Å². The fourth-order valence-corrected chi connectivity index (χ4v) is 5.88. The van der Waals surface area contributed by atoms with Crippen molar-refractivity contribution in [1.82, 2.24) is 0 Å². The maximum Gasteiger partial charge on any atom is 0.333 e. The number of carbonyl (C=O) groups excluding carboxylic acids is 1. The molecule has 4 rings (SSSR count). The number of fused-ring (bicyclic) bond motifs is 9. The van der Waals surface area contributed by atoms with Gasteiger partial charge in [-0.1, -0.05) is 6.58 Å². The Kier molecular flexibility index (Phi) is 2.22. The van der Waals surface area contributed by atoms with Crippen LogP contribution in [0.4, 0.5) is 0 Å². The molecule has 0 aliphatic heterocycles. The summed E-state index contributed by atoms with van der Waals surface area (Å²) in [6.07, 6.45) is 7.06. The predicted molar refractivity (Wildman–Crippen MR) is 68.7 cm³/mol. The third-order valence-electron chi connectivity index (χ3n) is 6.28. The first-order chi connectivity index (χ1) is 8.65. The lowest BCUT2D eigenvalue weighted by Crippen LogP contribution is -2.37. The minimum Gasteiger partial charge on any atom is -0.459 e. The summed E-state index contributed by atoms with van der Waals surface area (Å²) in [6.45, 7) is 5.44. The summed E-state index contributed by atoms with van der Waals surface area (Å²) in [5, 5.41) is 0. The lowest BCUT2D eigenvalue weighted by atomic mass is 9.70. The highest BCUT2D eigenvalue weighted by molar-refractivity contribution is 5.87. The van der Waals surface area contributed by atoms with Gasteiger partial charge in [-0.15, -0.1) is 0 Å². The van der Waals surface area contributed by atoms with E-state index in [1.807, 2.05) is 0 Å². The van der Waals surface area contributed by atoms with Crippen molar-refractivity contribution in [3.05, 3.63) is 12.2 Å². The lowest BCUT2D eigenvalue weighted by Gasteiger charge is -2.38. The molecule has 0 N–H and O–H groups in total. The smallest absolute Gasteiger partial charge is 0.333 e. The largest absolute Gasteiger partial charge is 0.459 e. The van der Waals surface area contributed by atoms with E-state index in [-0.39, 0.29) is 12.1 Å². The second kappa shape index (κ2) is 3.61. The number of hydrogen-bond donors (Lipinski definition) is 0. The molecule has 2 heteroatoms. The summed E-state index contributed by atoms with van der Waals surface area (Å²) in [7, 11) is 0. The monoisotopic (exact) mass is 246 g/mol. The van der Waals surface area contributed by atoms with Crippen LogP contribution in [0.25, 0.3) is 0 Å². The molecule has 18 heavy (non-hydrogen) atoms. The number of hydrogen-bond acceptors (Lipinski definition) is 2. The van der Waals surface area contributed by atoms with Crippen LogP contribution in [0.5, 0.6) is 0 Å². The fourth-order valence-electron chi connectivity index (χ4n) is 5.88. The van der Waals surface area contributed by atoms with Gasteiger partial charge >= 0.3 is 5.97 Å². The molecule has 0 heterocycles. The minimum atomic E-state index is -0.174. The van der Waals surface area contributed by atoms with Crippen LogP contribution in [0.15, 0.2) is 12.2 Å². The molecule has 0 aromatic heterocycles. The predicted octanol–water partition coefficient (Wildman–Crippen LogP) is 3.18. The van der Waals surface area contributed by atoms with Gasteiger partial charge in [0.1, 0.15) is 6.10 Å². The lowest BCUT2D eigenvalue weighted by molar-refractivity contribution is -0.149. The van der Waals surface area contributed by atoms with Gasteiger partial charge in [-0.2, -0.15) is 0 Å². The molecule has 7 unspecified atom stereocenters. The quantitative estimate of drug-likeness (QED) is 0.425. The van der Waals surface area contributed by atoms with Gasteiger partial charge < -0.3 is 4.74 Å². The van der Waals surface area contributed by atoms with Crippen LogP contribution in [0.1, 0.15) is 39.0 Å². The molecule has 0 amide bonds. The maximum absolute atomic E-state index is 11.7. The van der Waals surface area contributed by atoms with E-state index in [0.29, 0.717) is 11.5 Å². The van der Waals surface area contributed by atoms with E-state index < -0.39 is 0 Å². The van der Waals surface area contributed by atoms with Crippen molar-refractivity contribution in [2.75, 3.05) is 0 Å². The molecular weight excluding hydrogens is 224 g/mol. The van der Waals surface area contributed by atoms with Crippen LogP contribution in [0.3, 0.4) is 0 Å². The van der Waals surface area contributed by atoms with Gasteiger partial charge in [0.25, 0.3) is 0 Å². The Morgan fingerprint density at radius 2 is 1.78 bits per heavy atom. The molecule has 4 bridgehead atoms. The fraction of sp³-hybridized carbons (Fsp3) is 0.812. The first-order valence-electron chi connectivity index (χ1n) is 7.51. The zero-order chi connectivity index (χ0) is 12.4. The molecule has 0 aromatic carbocycles. The molecule has 0 aromatic rings. The van der Waals surface area contributed by atoms with Crippen molar-refractivity contribution in [2.24, 2.45) is 35.5 Å². The molecule has 4 saturated carbocycles. The van der Waals surface area contributed by atoms with Gasteiger partial charge in [0.15, 0.2) is 0 Å². The zero-order valence-electron chi connectivity index (χ0n) is 11.1. The minimum absolute atomic E-state index is 0.174. The average Bonchev–Trinajstić information content (AvgIpc) is 3.06. The Balaban J connectivity index is 1.52. The normalized spacial score (nSPS) is 51.5. The molecule has 2 nitrogen and oxygen atoms in total. The van der Waals surface area contributed by atoms with Gasteiger partial charge in [0.05, 0.1) is 0 Å². The van der Waals surface area contributed by atoms with Gasteiger partial charge in [-0.05, 0) is 74.5 Å². The van der Waals surface area contributed by atoms with Crippen molar-refractivity contribution < 1.29 is 9.53 Å². The van der Waals surface area contributed by atoms with Gasteiger partial charge in [-0.3, -0.25) is 0 Å². The summed E-state index contributed by atoms with van der Waals surface area (Å²) < 4.78 is 5.68. The van der Waals surface area contributed by atoms with Crippen LogP contribution in [0, 0.1) is 35.5 Å². The first-order valence-corrected chi connectivity index (χ1v) is 7.51. The Hall–Kier alpha value is -0.790. The number of ether oxygens (including phenoxy) is 1. The number of carbonyl (C=O) groups is 1. The third-order valence-corrected chi connectivity index (χ3v) is 6.28. The van der Waals surface area contributed by atoms with E-state index in [0.717, 1.165) is 36.0 Å². The van der Waals surface area contributed by atoms with Crippen molar-refractivity contribution in [3.63, 3.8) is 0 Å². The molecule has 4 fully saturated rings. The van der Waals surface area contributed by atoms with Crippen LogP contribution in [0.2, 0.25) is 0 Å². The highest BCUT2D eigenvalue weighted by Crippen LogP contribution is 2.67. The van der Waals surface area contributed by atoms with E-state index in [1.54, 1.807) is 6.92 Å². The van der Waals surface area contributed by atoms with E-state index in [4.69, 9.17) is 4.74 Å². The Morgan fingerprint density at radius 3 is 2.50 bits per heavy atom. The second-order valence-electron chi connectivity index (χ2n) is 7.11. The summed E-state index contributed by atoms with van der Waals surface area (Å²) in [6, 6.07) is 0. The molecule has 0 saturated heterocycles. The van der Waals surface area contributed by atoms with Crippen molar-refractivity contribution in [2.45, 2.75) is 45.1 Å². The molecule has 4 aliphatic rings. The van der Waals surface area contributed by atoms with Crippen LogP contribution >= 0.6 is 0 Å². The summed E-state index contributed by atoms with van der Waals surface area (Å²) in [5.74, 6) is 5.23. The van der Waals surface area contributed by atoms with E-state index in [2.05, 4.69) is 6.58 Å². The molecule has 98 valence electrons. The summed E-state index contributed by atoms with van der Waals surface area (Å²) >= 11 is 0. The average molecular weight is 246 g/mol. The van der Waals surface area contributed by atoms with Crippen molar-refractivity contribution >= 4 is 5.97 Å². The van der Waals surface area contributed by atoms with Gasteiger partial charge in [0.2, 0.25) is 0 Å². The standard InChI is InChI=1S/C16H22O2/c1-8(2)16(17)18-13-7-11-6-12(13)15-10-4-3-9(5-10)14(11)15/h9-15H,1,3-7H2,2H3. The van der Waals surface area contributed by atoms with E-state index in [1.165, 1.54) is 25.7 Å². The number of esters is 1. The molecule has 4 aliphatic carbocycles. The van der Waals surface area contributed by atoms with Crippen LogP contribution in [-0.2, 0) is 9.53 Å². The topological polar surface area (TPSA) is 26.3 Å². The molecule has 0 radical (unpaired) electrons. The maximum atomic E-state index is 11.7. The van der Waals surface area contributed by atoms with E-state index >= 15 is 0 Å². The first kappa shape index (κ1) is 11.1. The Bertz CT molecular complexity index is 413. The Morgan fingerprint density at radius 1 is 1.06 bits per heavy atom. The highest BCUT2D eigenvalue weighted by Gasteiger charge is 2.63. The summed E-state index contributed by atoms with van der Waals surface area (Å²) in [5.41, 5.74) is 0.544. The van der Waals surface area contributed by atoms with Crippen molar-refractivity contribution in [3.8, 4) is 0 Å². The zero-order valence-corrected chi connectivity index (χ0v) is 11.1. The van der Waals surface area contributed by atoms with Crippen LogP contribution < -0.4 is 0 Å².